The molecule has 5 nitrogen and oxygen atoms in total. The van der Waals surface area contributed by atoms with E-state index in [1.807, 2.05) is 0 Å². The maximum atomic E-state index is 11.5. The van der Waals surface area contributed by atoms with Gasteiger partial charge in [-0.05, 0) is 39.0 Å². The van der Waals surface area contributed by atoms with Crippen LogP contribution in [-0.4, -0.2) is 11.7 Å². The third-order valence-electron chi connectivity index (χ3n) is 1.77. The first-order chi connectivity index (χ1) is 7.81. The van der Waals surface area contributed by atoms with Gasteiger partial charge in [0.25, 0.3) is 0 Å². The first kappa shape index (κ1) is 13.6. The lowest BCUT2D eigenvalue weighted by molar-refractivity contribution is 0.0636. The van der Waals surface area contributed by atoms with Gasteiger partial charge in [-0.1, -0.05) is 11.6 Å². The molecule has 0 saturated carbocycles. The van der Waals surface area contributed by atoms with Gasteiger partial charge in [0.05, 0.1) is 11.4 Å². The molecule has 17 heavy (non-hydrogen) atoms. The molecule has 1 aromatic carbocycles. The molecule has 0 atom stereocenters. The summed E-state index contributed by atoms with van der Waals surface area (Å²) in [6, 6.07) is 4.89. The maximum absolute atomic E-state index is 11.5. The maximum Gasteiger partial charge on any atom is 0.412 e. The smallest absolute Gasteiger partial charge is 0.412 e. The quantitative estimate of drug-likeness (QED) is 0.562. The molecule has 0 radical (unpaired) electrons. The number of carbonyl (C=O) groups excluding carboxylic acids is 1. The molecular weight excluding hydrogens is 242 g/mol. The van der Waals surface area contributed by atoms with E-state index in [2.05, 4.69) is 10.7 Å². The number of halogens is 1. The van der Waals surface area contributed by atoms with Gasteiger partial charge in [-0.2, -0.15) is 0 Å². The van der Waals surface area contributed by atoms with Gasteiger partial charge in [-0.15, -0.1) is 0 Å². The SMILES string of the molecule is CC(C)(C)OC(=O)Nc1ccc(Cl)cc1NN. The van der Waals surface area contributed by atoms with Crippen LogP contribution in [0.15, 0.2) is 18.2 Å². The summed E-state index contributed by atoms with van der Waals surface area (Å²) in [5, 5.41) is 3.10. The van der Waals surface area contributed by atoms with Gasteiger partial charge >= 0.3 is 6.09 Å². The zero-order valence-electron chi connectivity index (χ0n) is 10.0. The van der Waals surface area contributed by atoms with Gasteiger partial charge in [0.1, 0.15) is 5.60 Å². The Morgan fingerprint density at radius 2 is 2.00 bits per heavy atom. The number of rotatable bonds is 2. The van der Waals surface area contributed by atoms with Gasteiger partial charge in [0.2, 0.25) is 0 Å². The van der Waals surface area contributed by atoms with Crippen molar-refractivity contribution in [3.63, 3.8) is 0 Å². The van der Waals surface area contributed by atoms with Gasteiger partial charge < -0.3 is 10.2 Å². The minimum Gasteiger partial charge on any atom is -0.444 e. The summed E-state index contributed by atoms with van der Waals surface area (Å²) in [6.45, 7) is 5.36. The number of nitrogens with two attached hydrogens (primary N) is 1. The van der Waals surface area contributed by atoms with Gasteiger partial charge in [-0.3, -0.25) is 11.2 Å². The van der Waals surface area contributed by atoms with Crippen molar-refractivity contribution in [2.24, 2.45) is 5.84 Å². The number of ether oxygens (including phenoxy) is 1. The molecular formula is C11H16ClN3O2. The van der Waals surface area contributed by atoms with E-state index in [0.29, 0.717) is 16.4 Å². The zero-order chi connectivity index (χ0) is 13.1. The molecule has 0 bridgehead atoms. The fraction of sp³-hybridized carbons (Fsp3) is 0.364. The molecule has 0 aromatic heterocycles. The highest BCUT2D eigenvalue weighted by Crippen LogP contribution is 2.25. The van der Waals surface area contributed by atoms with E-state index in [-0.39, 0.29) is 0 Å². The average molecular weight is 258 g/mol. The highest BCUT2D eigenvalue weighted by atomic mass is 35.5. The Morgan fingerprint density at radius 1 is 1.35 bits per heavy atom. The van der Waals surface area contributed by atoms with E-state index in [9.17, 15) is 4.79 Å². The number of hydrazine groups is 1. The summed E-state index contributed by atoms with van der Waals surface area (Å²) in [6.07, 6.45) is -0.545. The number of benzene rings is 1. The Labute approximate surface area is 105 Å². The van der Waals surface area contributed by atoms with Crippen LogP contribution in [0.4, 0.5) is 16.2 Å². The Hall–Kier alpha value is -1.46. The third kappa shape index (κ3) is 4.50. The zero-order valence-corrected chi connectivity index (χ0v) is 10.8. The second-order valence-corrected chi connectivity index (χ2v) is 4.90. The Balaban J connectivity index is 2.78. The molecule has 0 unspecified atom stereocenters. The largest absolute Gasteiger partial charge is 0.444 e. The van der Waals surface area contributed by atoms with E-state index in [1.54, 1.807) is 39.0 Å². The van der Waals surface area contributed by atoms with E-state index in [0.717, 1.165) is 0 Å². The van der Waals surface area contributed by atoms with Crippen molar-refractivity contribution >= 4 is 29.1 Å². The van der Waals surface area contributed by atoms with Crippen LogP contribution in [0.5, 0.6) is 0 Å². The van der Waals surface area contributed by atoms with Crippen LogP contribution in [0.3, 0.4) is 0 Å². The summed E-state index contributed by atoms with van der Waals surface area (Å²) < 4.78 is 5.12. The van der Waals surface area contributed by atoms with E-state index in [1.165, 1.54) is 0 Å². The summed E-state index contributed by atoms with van der Waals surface area (Å²) in [5.41, 5.74) is 2.92. The minimum absolute atomic E-state index is 0.506. The number of carbonyl (C=O) groups is 1. The molecule has 0 fully saturated rings. The van der Waals surface area contributed by atoms with Crippen molar-refractivity contribution in [1.82, 2.24) is 0 Å². The number of hydrogen-bond donors (Lipinski definition) is 3. The van der Waals surface area contributed by atoms with Gasteiger partial charge in [0.15, 0.2) is 0 Å². The Bertz CT molecular complexity index is 416. The fourth-order valence-electron chi connectivity index (χ4n) is 1.16. The van der Waals surface area contributed by atoms with Crippen LogP contribution in [0.25, 0.3) is 0 Å². The summed E-state index contributed by atoms with van der Waals surface area (Å²) in [5.74, 6) is 5.32. The second kappa shape index (κ2) is 5.25. The summed E-state index contributed by atoms with van der Waals surface area (Å²) in [7, 11) is 0. The molecule has 4 N–H and O–H groups in total. The van der Waals surface area contributed by atoms with Crippen LogP contribution in [0, 0.1) is 0 Å². The molecule has 0 saturated heterocycles. The summed E-state index contributed by atoms with van der Waals surface area (Å²) in [4.78, 5) is 11.5. The van der Waals surface area contributed by atoms with Crippen LogP contribution < -0.4 is 16.6 Å². The highest BCUT2D eigenvalue weighted by Gasteiger charge is 2.17. The molecule has 94 valence electrons. The molecule has 1 rings (SSSR count). The summed E-state index contributed by atoms with van der Waals surface area (Å²) >= 11 is 5.80. The number of anilines is 2. The van der Waals surface area contributed by atoms with Crippen molar-refractivity contribution in [3.8, 4) is 0 Å². The van der Waals surface area contributed by atoms with Crippen LogP contribution >= 0.6 is 11.6 Å². The van der Waals surface area contributed by atoms with E-state index in [4.69, 9.17) is 22.2 Å². The Morgan fingerprint density at radius 3 is 2.53 bits per heavy atom. The van der Waals surface area contributed by atoms with Gasteiger partial charge in [-0.25, -0.2) is 4.79 Å². The molecule has 0 aliphatic heterocycles. The third-order valence-corrected chi connectivity index (χ3v) is 2.01. The van der Waals surface area contributed by atoms with Crippen molar-refractivity contribution in [2.45, 2.75) is 26.4 Å². The normalized spacial score (nSPS) is 10.9. The average Bonchev–Trinajstić information content (AvgIpc) is 2.17. The molecule has 6 heteroatoms. The highest BCUT2D eigenvalue weighted by molar-refractivity contribution is 6.31. The topological polar surface area (TPSA) is 76.4 Å². The van der Waals surface area contributed by atoms with Crippen LogP contribution in [0.1, 0.15) is 20.8 Å². The van der Waals surface area contributed by atoms with Gasteiger partial charge in [0, 0.05) is 5.02 Å². The number of hydrogen-bond acceptors (Lipinski definition) is 4. The minimum atomic E-state index is -0.549. The lowest BCUT2D eigenvalue weighted by Gasteiger charge is -2.20. The fourth-order valence-corrected chi connectivity index (χ4v) is 1.33. The number of amides is 1. The van der Waals surface area contributed by atoms with Crippen LogP contribution in [0.2, 0.25) is 5.02 Å². The monoisotopic (exact) mass is 257 g/mol. The predicted molar refractivity (Wildman–Crippen MR) is 69.1 cm³/mol. The molecule has 0 aliphatic rings. The first-order valence-corrected chi connectivity index (χ1v) is 5.46. The van der Waals surface area contributed by atoms with Crippen molar-refractivity contribution in [1.29, 1.82) is 0 Å². The number of nitrogens with one attached hydrogen (secondary N) is 2. The molecule has 0 aliphatic carbocycles. The lowest BCUT2D eigenvalue weighted by Crippen LogP contribution is -2.27. The van der Waals surface area contributed by atoms with Crippen molar-refractivity contribution in [2.75, 3.05) is 10.7 Å². The van der Waals surface area contributed by atoms with E-state index < -0.39 is 11.7 Å². The predicted octanol–water partition coefficient (Wildman–Crippen LogP) is 2.97. The molecule has 1 amide bonds. The molecule has 1 aromatic rings. The Kier molecular flexibility index (Phi) is 4.20. The standard InChI is InChI=1S/C11H16ClN3O2/c1-11(2,3)17-10(16)14-8-5-4-7(12)6-9(8)15-13/h4-6,15H,13H2,1-3H3,(H,14,16). The van der Waals surface area contributed by atoms with Crippen LogP contribution in [-0.2, 0) is 4.74 Å². The first-order valence-electron chi connectivity index (χ1n) is 5.08. The van der Waals surface area contributed by atoms with Crippen molar-refractivity contribution < 1.29 is 9.53 Å². The molecule has 0 heterocycles. The molecule has 0 spiro atoms. The number of nitrogen functional groups attached to an aromatic ring is 1. The van der Waals surface area contributed by atoms with E-state index >= 15 is 0 Å². The second-order valence-electron chi connectivity index (χ2n) is 4.46. The van der Waals surface area contributed by atoms with Crippen molar-refractivity contribution in [3.05, 3.63) is 23.2 Å². The lowest BCUT2D eigenvalue weighted by atomic mass is 10.2.